The van der Waals surface area contributed by atoms with E-state index >= 15 is 0 Å². The van der Waals surface area contributed by atoms with Crippen molar-refractivity contribution in [2.75, 3.05) is 24.5 Å². The molecule has 4 heterocycles. The molecule has 0 saturated carbocycles. The number of anilines is 15. The molecule has 0 amide bonds. The van der Waals surface area contributed by atoms with Crippen LogP contribution in [0.5, 0.6) is 0 Å². The minimum atomic E-state index is -2.46. The molecule has 15 aromatic carbocycles. The molecule has 0 fully saturated rings. The van der Waals surface area contributed by atoms with Gasteiger partial charge in [-0.1, -0.05) is 329 Å². The fourth-order valence-electron chi connectivity index (χ4n) is 16.7. The van der Waals surface area contributed by atoms with Gasteiger partial charge >= 0.3 is 0 Å². The summed E-state index contributed by atoms with van der Waals surface area (Å²) in [5.41, 5.74) is 29.8. The summed E-state index contributed by atoms with van der Waals surface area (Å²) in [7, 11) is -2.46. The molecule has 5 nitrogen and oxygen atoms in total. The second-order valence-electron chi connectivity index (χ2n) is 31.7. The fourth-order valence-corrected chi connectivity index (χ4v) is 22.2. The van der Waals surface area contributed by atoms with Gasteiger partial charge in [0.15, 0.2) is 8.07 Å². The lowest BCUT2D eigenvalue weighted by Gasteiger charge is -2.43. The van der Waals surface area contributed by atoms with Crippen molar-refractivity contribution in [2.45, 2.75) is 78.6 Å². The molecule has 0 unspecified atom stereocenters. The van der Waals surface area contributed by atoms with Crippen molar-refractivity contribution in [1.29, 1.82) is 0 Å². The van der Waals surface area contributed by atoms with Crippen LogP contribution in [-0.4, -0.2) is 8.07 Å². The third-order valence-corrected chi connectivity index (χ3v) is 26.9. The summed E-state index contributed by atoms with van der Waals surface area (Å²) in [5, 5.41) is 5.96. The van der Waals surface area contributed by atoms with Crippen molar-refractivity contribution in [2.24, 2.45) is 0 Å². The van der Waals surface area contributed by atoms with E-state index in [4.69, 9.17) is 0 Å². The largest absolute Gasteiger partial charge is 0.311 e. The highest BCUT2D eigenvalue weighted by molar-refractivity contribution is 7.23. The Morgan fingerprint density at radius 3 is 0.704 bits per heavy atom. The summed E-state index contributed by atoms with van der Waals surface area (Å²) in [6.07, 6.45) is 0. The van der Waals surface area contributed by atoms with E-state index in [-0.39, 0.29) is 16.2 Å². The summed E-state index contributed by atoms with van der Waals surface area (Å²) in [6, 6.07) is 137. The third-order valence-electron chi connectivity index (χ3n) is 21.9. The Morgan fingerprint density at radius 2 is 0.398 bits per heavy atom. The van der Waals surface area contributed by atoms with Gasteiger partial charge in [0, 0.05) is 45.3 Å². The zero-order valence-electron chi connectivity index (χ0n) is 63.0. The van der Waals surface area contributed by atoms with Crippen LogP contribution in [-0.2, 0) is 16.2 Å². The molecule has 0 bridgehead atoms. The first-order chi connectivity index (χ1) is 52.6. The van der Waals surface area contributed by atoms with E-state index in [2.05, 4.69) is 463 Å². The smallest absolute Gasteiger partial charge is 0.185 e. The zero-order valence-corrected chi connectivity index (χ0v) is 64.0. The Labute approximate surface area is 639 Å². The van der Waals surface area contributed by atoms with Crippen molar-refractivity contribution in [3.05, 3.63) is 393 Å². The molecule has 0 radical (unpaired) electrons. The minimum absolute atomic E-state index is 0.0992. The number of rotatable bonds is 7. The Morgan fingerprint density at radius 1 is 0.176 bits per heavy atom. The lowest BCUT2D eigenvalue weighted by molar-refractivity contribution is 0.590. The van der Waals surface area contributed by atoms with Gasteiger partial charge in [-0.05, 0) is 185 Å². The van der Waals surface area contributed by atoms with Crippen molar-refractivity contribution in [3.63, 3.8) is 0 Å². The van der Waals surface area contributed by atoms with E-state index in [9.17, 15) is 0 Å². The van der Waals surface area contributed by atoms with Gasteiger partial charge in [0.1, 0.15) is 0 Å². The summed E-state index contributed by atoms with van der Waals surface area (Å²) in [5.74, 6) is 0. The second-order valence-corrected chi connectivity index (χ2v) is 35.3. The maximum Gasteiger partial charge on any atom is 0.185 e. The SMILES string of the molecule is CC(C)(C)c1ccc(N2c3ccccc3N(c3c(-c4ccccc4)cccc3-c3ccccc3)c3ccccc32)cc1.CC(C)(C)c1ccc(N2c3ccccc3N(c3ccccc3)c3ccccc32)cc1.CC(C)(C)c1ccc(N2c3ccccc3[Si]3(c4ccccc4-c4ccccc43)c3ccccc32)cc1. The van der Waals surface area contributed by atoms with Gasteiger partial charge in [0.25, 0.3) is 0 Å². The van der Waals surface area contributed by atoms with E-state index in [0.29, 0.717) is 0 Å². The maximum absolute atomic E-state index is 2.49. The molecule has 0 atom stereocenters. The van der Waals surface area contributed by atoms with Crippen molar-refractivity contribution in [3.8, 4) is 33.4 Å². The fraction of sp³-hybridized carbons (Fsp3) is 0.118. The summed E-state index contributed by atoms with van der Waals surface area (Å²) >= 11 is 0. The van der Waals surface area contributed by atoms with Gasteiger partial charge < -0.3 is 24.5 Å². The van der Waals surface area contributed by atoms with E-state index in [0.717, 1.165) is 28.4 Å². The Kier molecular flexibility index (Phi) is 17.6. The zero-order chi connectivity index (χ0) is 73.9. The number of benzene rings is 15. The summed E-state index contributed by atoms with van der Waals surface area (Å²) in [6.45, 7) is 20.4. The minimum Gasteiger partial charge on any atom is -0.311 e. The first kappa shape index (κ1) is 68.6. The summed E-state index contributed by atoms with van der Waals surface area (Å²) < 4.78 is 0. The number of hydrogen-bond acceptors (Lipinski definition) is 5. The average molecular weight is 1410 g/mol. The Bertz CT molecular complexity index is 5530. The molecular formula is C102H89N5Si. The van der Waals surface area contributed by atoms with Crippen LogP contribution in [0.25, 0.3) is 33.4 Å². The van der Waals surface area contributed by atoms with E-state index in [1.165, 1.54) is 128 Å². The number of fused-ring (bicyclic) bond motifs is 13. The topological polar surface area (TPSA) is 16.2 Å². The molecule has 0 saturated heterocycles. The van der Waals surface area contributed by atoms with Gasteiger partial charge in [0.05, 0.1) is 51.2 Å². The standard InChI is InChI=1S/C40H34N2.C34H29NSi.C28H26N2/c1-40(2,3)31-25-27-32(28-26-31)41-35-21-10-12-23-37(35)42(38-24-13-11-22-36(38)41)39-33(29-15-6-4-7-16-29)19-14-20-34(39)30-17-8-5-9-18-30;1-34(2,3)24-20-22-25(23-21-24)35-28-14-6-10-18-32(28)36(33-19-11-7-15-29(33)35)30-16-8-4-12-26(30)27-13-5-9-17-31(27)36;1-28(2,3)21-17-19-23(20-18-21)30-26-15-9-7-13-24(26)29(22-11-5-4-6-12-22)25-14-8-10-16-27(25)30/h4-28H,1-3H3;4-23H,1-3H3;4-20H,1-3H3. The molecule has 108 heavy (non-hydrogen) atoms. The quantitative estimate of drug-likeness (QED) is 0.147. The number of nitrogens with zero attached hydrogens (tertiary/aromatic N) is 5. The second kappa shape index (κ2) is 27.8. The molecular weight excluding hydrogens is 1320 g/mol. The lowest BCUT2D eigenvalue weighted by atomic mass is 9.87. The Balaban J connectivity index is 0.000000120. The van der Waals surface area contributed by atoms with Crippen LogP contribution in [0, 0.1) is 0 Å². The monoisotopic (exact) mass is 1410 g/mol. The molecule has 4 aliphatic rings. The van der Waals surface area contributed by atoms with Crippen LogP contribution in [0.1, 0.15) is 79.0 Å². The maximum atomic E-state index is 2.49. The molecule has 0 N–H and O–H groups in total. The first-order valence-corrected chi connectivity index (χ1v) is 39.9. The van der Waals surface area contributed by atoms with Crippen molar-refractivity contribution < 1.29 is 0 Å². The molecule has 1 spiro atoms. The Hall–Kier alpha value is -12.5. The highest BCUT2D eigenvalue weighted by Gasteiger charge is 2.54. The van der Waals surface area contributed by atoms with Gasteiger partial charge in [0.2, 0.25) is 0 Å². The highest BCUT2D eigenvalue weighted by atomic mass is 28.3. The highest BCUT2D eigenvalue weighted by Crippen LogP contribution is 2.58. The lowest BCUT2D eigenvalue weighted by Crippen LogP contribution is -2.75. The molecule has 19 rings (SSSR count). The van der Waals surface area contributed by atoms with Crippen LogP contribution < -0.4 is 45.2 Å². The predicted molar refractivity (Wildman–Crippen MR) is 463 cm³/mol. The van der Waals surface area contributed by atoms with E-state index in [1.54, 1.807) is 0 Å². The normalized spacial score (nSPS) is 13.4. The molecule has 6 heteroatoms. The third kappa shape index (κ3) is 12.1. The first-order valence-electron chi connectivity index (χ1n) is 37.9. The van der Waals surface area contributed by atoms with E-state index in [1.807, 2.05) is 0 Å². The molecule has 526 valence electrons. The molecule has 4 aliphatic heterocycles. The van der Waals surface area contributed by atoms with Gasteiger partial charge in [-0.2, -0.15) is 0 Å². The van der Waals surface area contributed by atoms with Gasteiger partial charge in [-0.15, -0.1) is 0 Å². The average Bonchev–Trinajstić information content (AvgIpc) is 1.48. The van der Waals surface area contributed by atoms with E-state index < -0.39 is 8.07 Å². The molecule has 0 aliphatic carbocycles. The number of hydrogen-bond donors (Lipinski definition) is 0. The van der Waals surface area contributed by atoms with Crippen LogP contribution >= 0.6 is 0 Å². The number of para-hydroxylation sites is 12. The van der Waals surface area contributed by atoms with Crippen LogP contribution in [0.3, 0.4) is 0 Å². The van der Waals surface area contributed by atoms with Gasteiger partial charge in [-0.3, -0.25) is 0 Å². The van der Waals surface area contributed by atoms with Crippen molar-refractivity contribution in [1.82, 2.24) is 0 Å². The van der Waals surface area contributed by atoms with Crippen molar-refractivity contribution >= 4 is 114 Å². The molecule has 0 aromatic heterocycles. The molecule has 15 aromatic rings. The van der Waals surface area contributed by atoms with Crippen LogP contribution in [0.4, 0.5) is 85.3 Å². The van der Waals surface area contributed by atoms with Crippen LogP contribution in [0.2, 0.25) is 0 Å². The summed E-state index contributed by atoms with van der Waals surface area (Å²) in [4.78, 5) is 12.1. The van der Waals surface area contributed by atoms with Crippen LogP contribution in [0.15, 0.2) is 376 Å². The predicted octanol–water partition coefficient (Wildman–Crippen LogP) is 25.9. The van der Waals surface area contributed by atoms with Gasteiger partial charge in [-0.25, -0.2) is 0 Å².